The van der Waals surface area contributed by atoms with Crippen molar-refractivity contribution >= 4 is 11.9 Å². The van der Waals surface area contributed by atoms with Crippen LogP contribution in [0.5, 0.6) is 0 Å². The van der Waals surface area contributed by atoms with Crippen molar-refractivity contribution in [3.63, 3.8) is 0 Å². The fourth-order valence-electron chi connectivity index (χ4n) is 12.0. The number of esters is 1. The van der Waals surface area contributed by atoms with E-state index in [1.807, 2.05) is 20.8 Å². The number of rotatable bonds is 3. The minimum Gasteiger partial charge on any atom is -0.481 e. The Bertz CT molecular complexity index is 1040. The lowest BCUT2D eigenvalue weighted by atomic mass is 9.32. The first-order chi connectivity index (χ1) is 18.0. The van der Waals surface area contributed by atoms with Gasteiger partial charge in [-0.2, -0.15) is 0 Å². The molecule has 0 aromatic carbocycles. The third kappa shape index (κ3) is 3.88. The van der Waals surface area contributed by atoms with Crippen molar-refractivity contribution in [2.75, 3.05) is 0 Å². The van der Waals surface area contributed by atoms with Crippen LogP contribution in [0.3, 0.4) is 0 Å². The SMILES string of the molecule is C/C=C/C1CCC2(C(=O)O)CC[C@]3(C)[C@H](CCC4[C@@]5(C)CC[C@H](OC(=O)C(C)(C)C)C(C)(C)[C@@H]5CC[C@]43C)C12. The number of fused-ring (bicyclic) bond motifs is 7. The second kappa shape index (κ2) is 9.09. The first-order valence-electron chi connectivity index (χ1n) is 16.1. The number of hydrogen-bond donors (Lipinski definition) is 1. The van der Waals surface area contributed by atoms with E-state index in [0.29, 0.717) is 23.7 Å². The molecule has 39 heavy (non-hydrogen) atoms. The summed E-state index contributed by atoms with van der Waals surface area (Å²) in [5.74, 6) is 1.68. The second-order valence-electron chi connectivity index (χ2n) is 16.9. The largest absolute Gasteiger partial charge is 0.481 e. The van der Waals surface area contributed by atoms with Gasteiger partial charge in [0, 0.05) is 5.41 Å². The molecule has 0 amide bonds. The number of allylic oxidation sites excluding steroid dienone is 2. The van der Waals surface area contributed by atoms with Crippen molar-refractivity contribution in [2.24, 2.45) is 62.1 Å². The van der Waals surface area contributed by atoms with E-state index in [0.717, 1.165) is 44.9 Å². The molecule has 0 spiro atoms. The Morgan fingerprint density at radius 3 is 2.13 bits per heavy atom. The smallest absolute Gasteiger partial charge is 0.311 e. The van der Waals surface area contributed by atoms with Crippen molar-refractivity contribution in [1.29, 1.82) is 0 Å². The van der Waals surface area contributed by atoms with Gasteiger partial charge in [-0.05, 0) is 138 Å². The Hall–Kier alpha value is -1.32. The number of carbonyl (C=O) groups is 2. The van der Waals surface area contributed by atoms with Crippen LogP contribution in [-0.2, 0) is 14.3 Å². The molecule has 0 heterocycles. The molecule has 0 saturated heterocycles. The summed E-state index contributed by atoms with van der Waals surface area (Å²) in [6, 6.07) is 0. The van der Waals surface area contributed by atoms with Gasteiger partial charge in [0.1, 0.15) is 6.10 Å². The van der Waals surface area contributed by atoms with Gasteiger partial charge in [0.05, 0.1) is 10.8 Å². The Morgan fingerprint density at radius 2 is 1.51 bits per heavy atom. The first kappa shape index (κ1) is 29.2. The monoisotopic (exact) mass is 540 g/mol. The highest BCUT2D eigenvalue weighted by Crippen LogP contribution is 2.77. The van der Waals surface area contributed by atoms with Crippen LogP contribution in [0.4, 0.5) is 0 Å². The first-order valence-corrected chi connectivity index (χ1v) is 16.1. The molecular formula is C35H56O4. The number of carboxylic acids is 1. The van der Waals surface area contributed by atoms with E-state index in [9.17, 15) is 14.7 Å². The van der Waals surface area contributed by atoms with Gasteiger partial charge in [0.2, 0.25) is 0 Å². The van der Waals surface area contributed by atoms with Crippen LogP contribution in [0, 0.1) is 62.1 Å². The average molecular weight is 541 g/mol. The molecule has 0 radical (unpaired) electrons. The van der Waals surface area contributed by atoms with Gasteiger partial charge in [-0.1, -0.05) is 46.8 Å². The molecular weight excluding hydrogens is 484 g/mol. The van der Waals surface area contributed by atoms with Gasteiger partial charge in [0.25, 0.3) is 0 Å². The maximum Gasteiger partial charge on any atom is 0.311 e. The number of hydrogen-bond acceptors (Lipinski definition) is 3. The molecule has 0 aromatic rings. The lowest BCUT2D eigenvalue weighted by molar-refractivity contribution is -0.251. The van der Waals surface area contributed by atoms with Crippen molar-refractivity contribution in [3.8, 4) is 0 Å². The minimum atomic E-state index is -0.533. The predicted molar refractivity (Wildman–Crippen MR) is 156 cm³/mol. The molecule has 0 aliphatic heterocycles. The summed E-state index contributed by atoms with van der Waals surface area (Å²) in [7, 11) is 0. The Balaban J connectivity index is 1.47. The van der Waals surface area contributed by atoms with Gasteiger partial charge >= 0.3 is 11.9 Å². The highest BCUT2D eigenvalue weighted by atomic mass is 16.5. The highest BCUT2D eigenvalue weighted by molar-refractivity contribution is 5.76. The van der Waals surface area contributed by atoms with E-state index in [2.05, 4.69) is 53.7 Å². The molecule has 10 atom stereocenters. The van der Waals surface area contributed by atoms with E-state index in [1.165, 1.54) is 19.3 Å². The van der Waals surface area contributed by atoms with E-state index in [-0.39, 0.29) is 39.7 Å². The zero-order valence-corrected chi connectivity index (χ0v) is 26.4. The molecule has 5 saturated carbocycles. The van der Waals surface area contributed by atoms with Gasteiger partial charge in [-0.3, -0.25) is 9.59 Å². The molecule has 4 unspecified atom stereocenters. The maximum atomic E-state index is 12.9. The Morgan fingerprint density at radius 1 is 0.821 bits per heavy atom. The fourth-order valence-corrected chi connectivity index (χ4v) is 12.0. The summed E-state index contributed by atoms with van der Waals surface area (Å²) in [4.78, 5) is 25.8. The normalized spacial score (nSPS) is 48.9. The molecule has 1 N–H and O–H groups in total. The quantitative estimate of drug-likeness (QED) is 0.287. The summed E-state index contributed by atoms with van der Waals surface area (Å²) in [5, 5.41) is 10.6. The number of ether oxygens (including phenoxy) is 1. The third-order valence-corrected chi connectivity index (χ3v) is 14.2. The van der Waals surface area contributed by atoms with E-state index >= 15 is 0 Å². The van der Waals surface area contributed by atoms with Crippen LogP contribution in [0.2, 0.25) is 0 Å². The highest BCUT2D eigenvalue weighted by Gasteiger charge is 2.72. The summed E-state index contributed by atoms with van der Waals surface area (Å²) in [6.45, 7) is 20.5. The topological polar surface area (TPSA) is 63.6 Å². The van der Waals surface area contributed by atoms with E-state index < -0.39 is 16.8 Å². The van der Waals surface area contributed by atoms with Crippen LogP contribution < -0.4 is 0 Å². The van der Waals surface area contributed by atoms with Crippen molar-refractivity contribution in [3.05, 3.63) is 12.2 Å². The zero-order valence-electron chi connectivity index (χ0n) is 26.4. The van der Waals surface area contributed by atoms with Gasteiger partial charge in [-0.25, -0.2) is 0 Å². The molecule has 5 rings (SSSR count). The molecule has 0 bridgehead atoms. The molecule has 4 nitrogen and oxygen atoms in total. The van der Waals surface area contributed by atoms with Crippen LogP contribution in [0.15, 0.2) is 12.2 Å². The van der Waals surface area contributed by atoms with E-state index in [4.69, 9.17) is 4.74 Å². The molecule has 0 aromatic heterocycles. The van der Waals surface area contributed by atoms with Crippen LogP contribution in [-0.4, -0.2) is 23.1 Å². The second-order valence-corrected chi connectivity index (χ2v) is 16.9. The van der Waals surface area contributed by atoms with Crippen molar-refractivity contribution in [2.45, 2.75) is 133 Å². The standard InChI is InChI=1S/C35H56O4/c1-10-11-22-14-19-35(28(36)37)21-20-33(8)23(27(22)35)12-13-25-32(7)17-16-26(39-29(38)30(2,3)4)31(5,6)24(32)15-18-34(25,33)9/h10-11,22-27H,12-21H2,1-9H3,(H,36,37)/b11-10+/t22?,23-,24+,25?,26+,27?,32+,33-,34-,35?/m1/s1. The minimum absolute atomic E-state index is 0.0236. The Kier molecular flexibility index (Phi) is 6.80. The number of aliphatic carboxylic acids is 1. The van der Waals surface area contributed by atoms with Gasteiger partial charge < -0.3 is 9.84 Å². The molecule has 5 aliphatic carbocycles. The number of carbonyl (C=O) groups excluding carboxylic acids is 1. The predicted octanol–water partition coefficient (Wildman–Crippen LogP) is 8.69. The summed E-state index contributed by atoms with van der Waals surface area (Å²) < 4.78 is 6.25. The lowest BCUT2D eigenvalue weighted by Crippen LogP contribution is -2.67. The van der Waals surface area contributed by atoms with E-state index in [1.54, 1.807) is 0 Å². The molecule has 4 heteroatoms. The van der Waals surface area contributed by atoms with Crippen molar-refractivity contribution in [1.82, 2.24) is 0 Å². The fraction of sp³-hybridized carbons (Fsp3) is 0.886. The summed E-state index contributed by atoms with van der Waals surface area (Å²) >= 11 is 0. The van der Waals surface area contributed by atoms with Crippen LogP contribution in [0.25, 0.3) is 0 Å². The summed E-state index contributed by atoms with van der Waals surface area (Å²) in [6.07, 6.45) is 15.1. The van der Waals surface area contributed by atoms with Gasteiger partial charge in [0.15, 0.2) is 0 Å². The molecule has 5 aliphatic rings. The van der Waals surface area contributed by atoms with Gasteiger partial charge in [-0.15, -0.1) is 0 Å². The molecule has 220 valence electrons. The molecule has 5 fully saturated rings. The summed E-state index contributed by atoms with van der Waals surface area (Å²) in [5.41, 5.74) is -0.478. The van der Waals surface area contributed by atoms with Crippen molar-refractivity contribution < 1.29 is 19.4 Å². The Labute approximate surface area is 238 Å². The van der Waals surface area contributed by atoms with Crippen LogP contribution in [0.1, 0.15) is 127 Å². The zero-order chi connectivity index (χ0) is 28.8. The van der Waals surface area contributed by atoms with Crippen LogP contribution >= 0.6 is 0 Å². The maximum absolute atomic E-state index is 12.9. The number of carboxylic acid groups (broad SMARTS) is 1. The third-order valence-electron chi connectivity index (χ3n) is 14.2. The average Bonchev–Trinajstić information content (AvgIpc) is 3.21. The lowest BCUT2D eigenvalue weighted by Gasteiger charge is -2.72.